The van der Waals surface area contributed by atoms with Crippen LogP contribution < -0.4 is 5.32 Å². The summed E-state index contributed by atoms with van der Waals surface area (Å²) in [5, 5.41) is 2.92. The Kier molecular flexibility index (Phi) is 4.11. The maximum absolute atomic E-state index is 12.9. The zero-order chi connectivity index (χ0) is 16.0. The van der Waals surface area contributed by atoms with E-state index in [1.165, 1.54) is 6.42 Å². The highest BCUT2D eigenvalue weighted by molar-refractivity contribution is 5.97. The Bertz CT molecular complexity index is 437. The molecule has 2 rings (SSSR count). The van der Waals surface area contributed by atoms with Gasteiger partial charge in [-0.1, -0.05) is 41.0 Å². The maximum Gasteiger partial charge on any atom is 0.246 e. The van der Waals surface area contributed by atoms with Crippen molar-refractivity contribution in [1.82, 2.24) is 10.2 Å². The van der Waals surface area contributed by atoms with Crippen molar-refractivity contribution in [3.8, 4) is 0 Å². The fourth-order valence-corrected chi connectivity index (χ4v) is 3.77. The molecular formula is C17H30N2O2. The Morgan fingerprint density at radius 1 is 1.24 bits per heavy atom. The van der Waals surface area contributed by atoms with E-state index < -0.39 is 6.04 Å². The minimum atomic E-state index is -0.411. The number of nitrogens with zero attached hydrogens (tertiary/aromatic N) is 1. The highest BCUT2D eigenvalue weighted by atomic mass is 16.2. The minimum Gasteiger partial charge on any atom is -0.342 e. The summed E-state index contributed by atoms with van der Waals surface area (Å²) in [6.45, 7) is 12.4. The van der Waals surface area contributed by atoms with Gasteiger partial charge < -0.3 is 10.2 Å². The van der Waals surface area contributed by atoms with E-state index in [-0.39, 0.29) is 34.7 Å². The molecule has 2 amide bonds. The topological polar surface area (TPSA) is 49.4 Å². The van der Waals surface area contributed by atoms with Gasteiger partial charge in [0, 0.05) is 6.04 Å². The summed E-state index contributed by atoms with van der Waals surface area (Å²) < 4.78 is 0. The van der Waals surface area contributed by atoms with Crippen LogP contribution in [0.2, 0.25) is 0 Å². The Balaban J connectivity index is 2.27. The summed E-state index contributed by atoms with van der Waals surface area (Å²) in [4.78, 5) is 27.1. The number of nitrogens with one attached hydrogen (secondary N) is 1. The summed E-state index contributed by atoms with van der Waals surface area (Å²) in [5.41, 5.74) is 0.00336. The second kappa shape index (κ2) is 5.29. The van der Waals surface area contributed by atoms with E-state index in [1.54, 1.807) is 0 Å². The van der Waals surface area contributed by atoms with Crippen molar-refractivity contribution in [2.24, 2.45) is 10.8 Å². The first kappa shape index (κ1) is 16.3. The van der Waals surface area contributed by atoms with E-state index in [9.17, 15) is 9.59 Å². The van der Waals surface area contributed by atoms with Gasteiger partial charge in [-0.25, -0.2) is 0 Å². The van der Waals surface area contributed by atoms with Crippen LogP contribution in [0.15, 0.2) is 0 Å². The third kappa shape index (κ3) is 3.24. The molecule has 3 unspecified atom stereocenters. The summed E-state index contributed by atoms with van der Waals surface area (Å²) in [5.74, 6) is 0.0789. The third-order valence-corrected chi connectivity index (χ3v) is 5.02. The van der Waals surface area contributed by atoms with Crippen LogP contribution in [0.25, 0.3) is 0 Å². The van der Waals surface area contributed by atoms with Gasteiger partial charge in [-0.15, -0.1) is 0 Å². The fraction of sp³-hybridized carbons (Fsp3) is 0.882. The summed E-state index contributed by atoms with van der Waals surface area (Å²) >= 11 is 0. The standard InChI is InChI=1S/C17H30N2O2/c1-11-14(20)18-13(16(2,3)4)15(21)19(11)12-8-7-9-17(5,6)10-12/h11-13H,7-10H2,1-6H3,(H,18,20). The normalized spacial score (nSPS) is 33.8. The smallest absolute Gasteiger partial charge is 0.246 e. The molecule has 21 heavy (non-hydrogen) atoms. The Morgan fingerprint density at radius 2 is 1.86 bits per heavy atom. The van der Waals surface area contributed by atoms with Gasteiger partial charge in [-0.2, -0.15) is 0 Å². The number of carbonyl (C=O) groups is 2. The second-order valence-electron chi connectivity index (χ2n) is 8.64. The first-order valence-corrected chi connectivity index (χ1v) is 8.15. The van der Waals surface area contributed by atoms with Gasteiger partial charge in [0.25, 0.3) is 0 Å². The van der Waals surface area contributed by atoms with Crippen molar-refractivity contribution >= 4 is 11.8 Å². The molecule has 3 atom stereocenters. The number of rotatable bonds is 1. The molecular weight excluding hydrogens is 264 g/mol. The molecule has 0 radical (unpaired) electrons. The molecule has 1 aliphatic heterocycles. The van der Waals surface area contributed by atoms with Gasteiger partial charge in [0.1, 0.15) is 12.1 Å². The summed E-state index contributed by atoms with van der Waals surface area (Å²) in [6, 6.07) is -0.562. The molecule has 1 saturated carbocycles. The SMILES string of the molecule is CC1C(=O)NC(C(C)(C)C)C(=O)N1C1CCCC(C)(C)C1. The van der Waals surface area contributed by atoms with Crippen molar-refractivity contribution in [2.75, 3.05) is 0 Å². The van der Waals surface area contributed by atoms with Crippen LogP contribution in [0, 0.1) is 10.8 Å². The first-order valence-electron chi connectivity index (χ1n) is 8.15. The van der Waals surface area contributed by atoms with Crippen LogP contribution >= 0.6 is 0 Å². The molecule has 2 fully saturated rings. The van der Waals surface area contributed by atoms with E-state index in [1.807, 2.05) is 32.6 Å². The molecule has 4 nitrogen and oxygen atoms in total. The molecule has 0 spiro atoms. The largest absolute Gasteiger partial charge is 0.342 e. The van der Waals surface area contributed by atoms with Gasteiger partial charge in [-0.05, 0) is 37.0 Å². The molecule has 0 bridgehead atoms. The van der Waals surface area contributed by atoms with Gasteiger partial charge in [0.2, 0.25) is 11.8 Å². The molecule has 1 saturated heterocycles. The number of amides is 2. The third-order valence-electron chi connectivity index (χ3n) is 5.02. The Morgan fingerprint density at radius 3 is 2.38 bits per heavy atom. The molecule has 1 N–H and O–H groups in total. The number of hydrogen-bond acceptors (Lipinski definition) is 2. The molecule has 1 aliphatic carbocycles. The van der Waals surface area contributed by atoms with Crippen molar-refractivity contribution in [3.05, 3.63) is 0 Å². The molecule has 2 aliphatic rings. The lowest BCUT2D eigenvalue weighted by atomic mass is 9.73. The van der Waals surface area contributed by atoms with E-state index >= 15 is 0 Å². The van der Waals surface area contributed by atoms with Crippen molar-refractivity contribution in [1.29, 1.82) is 0 Å². The molecule has 1 heterocycles. The van der Waals surface area contributed by atoms with E-state index in [0.29, 0.717) is 0 Å². The van der Waals surface area contributed by atoms with Crippen LogP contribution in [0.4, 0.5) is 0 Å². The number of carbonyl (C=O) groups excluding carboxylic acids is 2. The zero-order valence-electron chi connectivity index (χ0n) is 14.3. The molecule has 0 aromatic carbocycles. The van der Waals surface area contributed by atoms with Crippen molar-refractivity contribution in [2.45, 2.75) is 85.4 Å². The lowest BCUT2D eigenvalue weighted by molar-refractivity contribution is -0.156. The van der Waals surface area contributed by atoms with Gasteiger partial charge in [0.05, 0.1) is 0 Å². The number of piperazine rings is 1. The summed E-state index contributed by atoms with van der Waals surface area (Å²) in [7, 11) is 0. The Labute approximate surface area is 128 Å². The average Bonchev–Trinajstić information content (AvgIpc) is 2.31. The predicted molar refractivity (Wildman–Crippen MR) is 83.7 cm³/mol. The van der Waals surface area contributed by atoms with Crippen LogP contribution in [0.3, 0.4) is 0 Å². The minimum absolute atomic E-state index is 0.0158. The van der Waals surface area contributed by atoms with Gasteiger partial charge >= 0.3 is 0 Å². The van der Waals surface area contributed by atoms with E-state index in [0.717, 1.165) is 19.3 Å². The number of hydrogen-bond donors (Lipinski definition) is 1. The first-order chi connectivity index (χ1) is 9.53. The quantitative estimate of drug-likeness (QED) is 0.808. The lowest BCUT2D eigenvalue weighted by Crippen LogP contribution is -2.68. The lowest BCUT2D eigenvalue weighted by Gasteiger charge is -2.48. The van der Waals surface area contributed by atoms with Crippen LogP contribution in [-0.2, 0) is 9.59 Å². The summed E-state index contributed by atoms with van der Waals surface area (Å²) in [6.07, 6.45) is 4.35. The second-order valence-corrected chi connectivity index (χ2v) is 8.64. The van der Waals surface area contributed by atoms with E-state index in [4.69, 9.17) is 0 Å². The molecule has 0 aromatic rings. The predicted octanol–water partition coefficient (Wildman–Crippen LogP) is 2.72. The molecule has 0 aromatic heterocycles. The van der Waals surface area contributed by atoms with Crippen molar-refractivity contribution in [3.63, 3.8) is 0 Å². The fourth-order valence-electron chi connectivity index (χ4n) is 3.77. The molecule has 4 heteroatoms. The van der Waals surface area contributed by atoms with Crippen LogP contribution in [0.5, 0.6) is 0 Å². The maximum atomic E-state index is 12.9. The average molecular weight is 294 g/mol. The van der Waals surface area contributed by atoms with Gasteiger partial charge in [0.15, 0.2) is 0 Å². The molecule has 120 valence electrons. The Hall–Kier alpha value is -1.06. The van der Waals surface area contributed by atoms with Crippen molar-refractivity contribution < 1.29 is 9.59 Å². The van der Waals surface area contributed by atoms with Crippen LogP contribution in [-0.4, -0.2) is 34.8 Å². The van der Waals surface area contributed by atoms with Gasteiger partial charge in [-0.3, -0.25) is 9.59 Å². The van der Waals surface area contributed by atoms with E-state index in [2.05, 4.69) is 19.2 Å². The zero-order valence-corrected chi connectivity index (χ0v) is 14.3. The monoisotopic (exact) mass is 294 g/mol. The highest BCUT2D eigenvalue weighted by Crippen LogP contribution is 2.39. The van der Waals surface area contributed by atoms with Crippen LogP contribution in [0.1, 0.15) is 67.2 Å². The highest BCUT2D eigenvalue weighted by Gasteiger charge is 2.47.